The Labute approximate surface area is 231 Å². The molecule has 41 heavy (non-hydrogen) atoms. The van der Waals surface area contributed by atoms with Crippen molar-refractivity contribution in [2.24, 2.45) is 0 Å². The Bertz CT molecular complexity index is 1990. The molecular formula is C30H25F4N5O2. The molecule has 0 amide bonds. The third kappa shape index (κ3) is 3.50. The maximum atomic E-state index is 16.4. The Kier molecular flexibility index (Phi) is 5.57. The van der Waals surface area contributed by atoms with E-state index in [1.807, 2.05) is 29.2 Å². The average Bonchev–Trinajstić information content (AvgIpc) is 3.59. The van der Waals surface area contributed by atoms with Gasteiger partial charge in [0.2, 0.25) is 5.95 Å². The normalized spacial score (nSPS) is 14.0. The fourth-order valence-electron chi connectivity index (χ4n) is 6.43. The SMILES string of the molecule is CCc1c2c(c3c4c5cc[nH]c5c(OC)c(F)c4c4cccc(OC)c4n13)CN(c1ncc(C(F)(F)F)cn1)CC2. The number of benzene rings is 2. The van der Waals surface area contributed by atoms with E-state index in [1.165, 1.54) is 7.11 Å². The summed E-state index contributed by atoms with van der Waals surface area (Å²) in [4.78, 5) is 13.1. The van der Waals surface area contributed by atoms with Gasteiger partial charge in [-0.25, -0.2) is 14.4 Å². The minimum atomic E-state index is -4.52. The van der Waals surface area contributed by atoms with Crippen LogP contribution in [-0.4, -0.2) is 40.1 Å². The molecule has 7 nitrogen and oxygen atoms in total. The molecule has 5 heterocycles. The van der Waals surface area contributed by atoms with Crippen molar-refractivity contribution in [2.75, 3.05) is 25.7 Å². The molecule has 0 saturated carbocycles. The number of H-pyrrole nitrogens is 1. The molecule has 0 atom stereocenters. The Morgan fingerprint density at radius 3 is 2.44 bits per heavy atom. The van der Waals surface area contributed by atoms with Crippen molar-refractivity contribution in [3.05, 3.63) is 71.1 Å². The number of halogens is 4. The number of aryl methyl sites for hydroxylation is 1. The zero-order chi connectivity index (χ0) is 28.6. The lowest BCUT2D eigenvalue weighted by Crippen LogP contribution is -2.31. The first kappa shape index (κ1) is 25.4. The van der Waals surface area contributed by atoms with Crippen molar-refractivity contribution in [3.8, 4) is 11.5 Å². The van der Waals surface area contributed by atoms with E-state index in [4.69, 9.17) is 9.47 Å². The molecule has 1 aliphatic heterocycles. The van der Waals surface area contributed by atoms with Crippen LogP contribution in [0.5, 0.6) is 11.5 Å². The highest BCUT2D eigenvalue weighted by Gasteiger charge is 2.33. The van der Waals surface area contributed by atoms with Gasteiger partial charge >= 0.3 is 6.18 Å². The summed E-state index contributed by atoms with van der Waals surface area (Å²) in [5, 5.41) is 2.64. The number of hydrogen-bond acceptors (Lipinski definition) is 5. The summed E-state index contributed by atoms with van der Waals surface area (Å²) in [7, 11) is 3.04. The van der Waals surface area contributed by atoms with Crippen molar-refractivity contribution in [1.82, 2.24) is 19.4 Å². The fraction of sp³-hybridized carbons (Fsp3) is 0.267. The number of methoxy groups -OCH3 is 2. The summed E-state index contributed by atoms with van der Waals surface area (Å²) >= 11 is 0. The zero-order valence-electron chi connectivity index (χ0n) is 22.5. The van der Waals surface area contributed by atoms with Gasteiger partial charge in [-0.15, -0.1) is 0 Å². The van der Waals surface area contributed by atoms with Crippen molar-refractivity contribution >= 4 is 44.0 Å². The number of para-hydroxylation sites is 1. The van der Waals surface area contributed by atoms with Crippen LogP contribution in [-0.2, 0) is 25.6 Å². The number of fused-ring (bicyclic) bond motifs is 10. The molecule has 4 aromatic heterocycles. The first-order valence-corrected chi connectivity index (χ1v) is 13.2. The molecule has 0 spiro atoms. The number of ether oxygens (including phenoxy) is 2. The van der Waals surface area contributed by atoms with Crippen molar-refractivity contribution in [3.63, 3.8) is 0 Å². The van der Waals surface area contributed by atoms with Crippen LogP contribution >= 0.6 is 0 Å². The van der Waals surface area contributed by atoms with Gasteiger partial charge in [-0.1, -0.05) is 19.1 Å². The highest BCUT2D eigenvalue weighted by atomic mass is 19.4. The Morgan fingerprint density at radius 1 is 0.976 bits per heavy atom. The van der Waals surface area contributed by atoms with E-state index in [2.05, 4.69) is 26.3 Å². The van der Waals surface area contributed by atoms with Gasteiger partial charge in [-0.05, 0) is 30.5 Å². The van der Waals surface area contributed by atoms with Gasteiger partial charge in [0.05, 0.1) is 36.3 Å². The van der Waals surface area contributed by atoms with Crippen LogP contribution in [0.2, 0.25) is 0 Å². The third-order valence-electron chi connectivity index (χ3n) is 8.12. The number of nitrogens with zero attached hydrogens (tertiary/aromatic N) is 4. The zero-order valence-corrected chi connectivity index (χ0v) is 22.5. The average molecular weight is 564 g/mol. The molecule has 1 N–H and O–H groups in total. The molecule has 0 aliphatic carbocycles. The Balaban J connectivity index is 1.60. The lowest BCUT2D eigenvalue weighted by molar-refractivity contribution is -0.138. The lowest BCUT2D eigenvalue weighted by atomic mass is 9.96. The van der Waals surface area contributed by atoms with Crippen LogP contribution in [0.4, 0.5) is 23.5 Å². The summed E-state index contributed by atoms with van der Waals surface area (Å²) < 4.78 is 69.4. The van der Waals surface area contributed by atoms with Gasteiger partial charge in [0.25, 0.3) is 0 Å². The minimum Gasteiger partial charge on any atom is -0.495 e. The van der Waals surface area contributed by atoms with Gasteiger partial charge in [0.1, 0.15) is 5.75 Å². The predicted molar refractivity (Wildman–Crippen MR) is 148 cm³/mol. The van der Waals surface area contributed by atoms with Gasteiger partial charge in [-0.3, -0.25) is 0 Å². The number of anilines is 1. The van der Waals surface area contributed by atoms with E-state index in [0.29, 0.717) is 48.0 Å². The number of alkyl halides is 3. The standard InChI is InChI=1S/C30H25F4N5O2/c1-4-20-16-9-11-38(29-36-12-15(13-37-29)30(32,33)34)14-19(16)27-23-17-8-10-35-25(17)28(41-3)24(31)22(23)18-6-5-7-21(40-2)26(18)39(20)27/h5-8,10,12-13,35H,4,9,11,14H2,1-3H3. The number of pyridine rings is 1. The minimum absolute atomic E-state index is 0.127. The topological polar surface area (TPSA) is 67.7 Å². The highest BCUT2D eigenvalue weighted by Crippen LogP contribution is 2.47. The summed E-state index contributed by atoms with van der Waals surface area (Å²) in [5.41, 5.74) is 4.40. The maximum absolute atomic E-state index is 16.4. The van der Waals surface area contributed by atoms with Crippen LogP contribution in [0.25, 0.3) is 38.1 Å². The quantitative estimate of drug-likeness (QED) is 0.188. The van der Waals surface area contributed by atoms with Gasteiger partial charge in [0.15, 0.2) is 11.6 Å². The predicted octanol–water partition coefficient (Wildman–Crippen LogP) is 6.82. The fourth-order valence-corrected chi connectivity index (χ4v) is 6.43. The second-order valence-corrected chi connectivity index (χ2v) is 10.1. The van der Waals surface area contributed by atoms with Crippen LogP contribution < -0.4 is 14.4 Å². The summed E-state index contributed by atoms with van der Waals surface area (Å²) in [6.45, 7) is 2.95. The summed E-state index contributed by atoms with van der Waals surface area (Å²) in [6, 6.07) is 7.51. The van der Waals surface area contributed by atoms with Crippen molar-refractivity contribution in [2.45, 2.75) is 32.5 Å². The lowest BCUT2D eigenvalue weighted by Gasteiger charge is -2.28. The molecule has 6 aromatic rings. The monoisotopic (exact) mass is 563 g/mol. The highest BCUT2D eigenvalue weighted by molar-refractivity contribution is 6.25. The molecule has 0 bridgehead atoms. The second-order valence-electron chi connectivity index (χ2n) is 10.1. The Hall–Kier alpha value is -4.54. The molecule has 210 valence electrons. The van der Waals surface area contributed by atoms with Crippen LogP contribution in [0.3, 0.4) is 0 Å². The van der Waals surface area contributed by atoms with Gasteiger partial charge < -0.3 is 23.8 Å². The molecule has 11 heteroatoms. The number of hydrogen-bond donors (Lipinski definition) is 1. The number of aromatic amines is 1. The number of nitrogens with one attached hydrogen (secondary N) is 1. The first-order valence-electron chi connectivity index (χ1n) is 13.2. The molecule has 1 aliphatic rings. The first-order chi connectivity index (χ1) is 19.8. The summed E-state index contributed by atoms with van der Waals surface area (Å²) in [6.07, 6.45) is 0.196. The molecule has 2 aromatic carbocycles. The van der Waals surface area contributed by atoms with Gasteiger partial charge in [-0.2, -0.15) is 13.2 Å². The van der Waals surface area contributed by atoms with Crippen LogP contribution in [0.1, 0.15) is 29.3 Å². The van der Waals surface area contributed by atoms with E-state index in [0.717, 1.165) is 51.0 Å². The molecule has 0 unspecified atom stereocenters. The van der Waals surface area contributed by atoms with Gasteiger partial charge in [0, 0.05) is 64.5 Å². The van der Waals surface area contributed by atoms with Crippen LogP contribution in [0, 0.1) is 5.82 Å². The molecular weight excluding hydrogens is 538 g/mol. The molecule has 0 radical (unpaired) electrons. The maximum Gasteiger partial charge on any atom is 0.419 e. The molecule has 0 fully saturated rings. The number of aromatic nitrogens is 4. The van der Waals surface area contributed by atoms with E-state index < -0.39 is 17.6 Å². The smallest absolute Gasteiger partial charge is 0.419 e. The third-order valence-corrected chi connectivity index (χ3v) is 8.12. The molecule has 0 saturated heterocycles. The van der Waals surface area contributed by atoms with Crippen molar-refractivity contribution < 1.29 is 27.0 Å². The largest absolute Gasteiger partial charge is 0.495 e. The van der Waals surface area contributed by atoms with Crippen LogP contribution in [0.15, 0.2) is 42.9 Å². The van der Waals surface area contributed by atoms with E-state index >= 15 is 4.39 Å². The Morgan fingerprint density at radius 2 is 1.76 bits per heavy atom. The van der Waals surface area contributed by atoms with E-state index in [9.17, 15) is 13.2 Å². The van der Waals surface area contributed by atoms with E-state index in [1.54, 1.807) is 13.3 Å². The molecule has 7 rings (SSSR count). The van der Waals surface area contributed by atoms with E-state index in [-0.39, 0.29) is 11.7 Å². The van der Waals surface area contributed by atoms with Crippen molar-refractivity contribution in [1.29, 1.82) is 0 Å². The summed E-state index contributed by atoms with van der Waals surface area (Å²) in [5.74, 6) is 0.460. The number of rotatable bonds is 4. The second kappa shape index (κ2) is 8.98.